The first-order chi connectivity index (χ1) is 19.9. The predicted octanol–water partition coefficient (Wildman–Crippen LogP) is 5.78. The van der Waals surface area contributed by atoms with Crippen LogP contribution in [-0.4, -0.2) is 52.2 Å². The van der Waals surface area contributed by atoms with Gasteiger partial charge in [-0.2, -0.15) is 0 Å². The van der Waals surface area contributed by atoms with Crippen LogP contribution in [0.1, 0.15) is 46.1 Å². The Labute approximate surface area is 249 Å². The Morgan fingerprint density at radius 3 is 2.24 bits per heavy atom. The summed E-state index contributed by atoms with van der Waals surface area (Å²) in [7, 11) is -6.22. The van der Waals surface area contributed by atoms with Gasteiger partial charge >= 0.3 is 0 Å². The van der Waals surface area contributed by atoms with Gasteiger partial charge in [0, 0.05) is 0 Å². The molecule has 0 amide bonds. The second kappa shape index (κ2) is 11.9. The lowest BCUT2D eigenvalue weighted by Crippen LogP contribution is -2.66. The van der Waals surface area contributed by atoms with E-state index in [0.717, 1.165) is 27.1 Å². The molecule has 1 fully saturated rings. The summed E-state index contributed by atoms with van der Waals surface area (Å²) in [5, 5.41) is 10.9. The van der Waals surface area contributed by atoms with Crippen LogP contribution in [0, 0.1) is 5.82 Å². The molecule has 2 heterocycles. The summed E-state index contributed by atoms with van der Waals surface area (Å²) in [6.45, 7) is 8.99. The van der Waals surface area contributed by atoms with Gasteiger partial charge in [-0.15, -0.1) is 0 Å². The van der Waals surface area contributed by atoms with Crippen molar-refractivity contribution in [2.45, 2.75) is 56.9 Å². The van der Waals surface area contributed by atoms with Gasteiger partial charge < -0.3 is 14.3 Å². The maximum Gasteiger partial charge on any atom is 0.261 e. The van der Waals surface area contributed by atoms with Crippen molar-refractivity contribution in [1.82, 2.24) is 0 Å². The molecule has 3 aromatic rings. The Bertz CT molecular complexity index is 1550. The average Bonchev–Trinajstić information content (AvgIpc) is 3.49. The van der Waals surface area contributed by atoms with E-state index in [1.54, 1.807) is 6.07 Å². The molecule has 8 heteroatoms. The van der Waals surface area contributed by atoms with Crippen LogP contribution in [0.4, 0.5) is 4.39 Å². The highest BCUT2D eigenvalue weighted by Gasteiger charge is 2.52. The third-order valence-corrected chi connectivity index (χ3v) is 15.4. The fraction of sp³-hybridized carbons (Fsp3) is 0.353. The molecule has 5 nitrogen and oxygen atoms in total. The van der Waals surface area contributed by atoms with E-state index in [9.17, 15) is 17.9 Å². The molecule has 2 aliphatic rings. The van der Waals surface area contributed by atoms with Crippen molar-refractivity contribution in [3.63, 3.8) is 0 Å². The number of fused-ring (bicyclic) bond motifs is 1. The van der Waals surface area contributed by atoms with Crippen LogP contribution in [0.15, 0.2) is 95.6 Å². The Hall–Kier alpha value is -3.04. The standard InChI is InChI=1S/C34H39FO5SSi/c1-24(19-25-16-17-30(36)29(35)20-25)15-18-31-33-26(23-41(37,38)32(33)22-39-31)21-40-42(34(2,3)4,27-11-7-5-8-12-27)28-13-9-6-10-14-28/h5-14,16-17,19-20,31-32,36H,15,18,21-23H2,1-4H3/b24-19+/t31-,32+/m1/s1. The topological polar surface area (TPSA) is 72.8 Å². The fourth-order valence-corrected chi connectivity index (χ4v) is 12.9. The summed E-state index contributed by atoms with van der Waals surface area (Å²) in [4.78, 5) is 0. The Morgan fingerprint density at radius 1 is 1.05 bits per heavy atom. The van der Waals surface area contributed by atoms with Crippen LogP contribution in [0.5, 0.6) is 5.75 Å². The molecule has 1 saturated heterocycles. The molecule has 0 saturated carbocycles. The van der Waals surface area contributed by atoms with Crippen molar-refractivity contribution in [2.24, 2.45) is 0 Å². The van der Waals surface area contributed by atoms with E-state index in [4.69, 9.17) is 9.16 Å². The fourth-order valence-electron chi connectivity index (χ4n) is 6.42. The first-order valence-electron chi connectivity index (χ1n) is 14.4. The van der Waals surface area contributed by atoms with Gasteiger partial charge in [-0.1, -0.05) is 99.2 Å². The minimum absolute atomic E-state index is 0.00727. The first kappa shape index (κ1) is 30.4. The first-order valence-corrected chi connectivity index (χ1v) is 18.0. The maximum absolute atomic E-state index is 13.8. The van der Waals surface area contributed by atoms with Gasteiger partial charge in [-0.05, 0) is 64.0 Å². The monoisotopic (exact) mass is 606 g/mol. The zero-order valence-electron chi connectivity index (χ0n) is 24.6. The zero-order valence-corrected chi connectivity index (χ0v) is 26.5. The van der Waals surface area contributed by atoms with Gasteiger partial charge in [0.1, 0.15) is 5.25 Å². The molecule has 2 aliphatic heterocycles. The molecular weight excluding hydrogens is 568 g/mol. The minimum Gasteiger partial charge on any atom is -0.505 e. The van der Waals surface area contributed by atoms with Crippen molar-refractivity contribution in [3.8, 4) is 5.75 Å². The summed E-state index contributed by atoms with van der Waals surface area (Å²) in [5.74, 6) is -1.05. The number of rotatable bonds is 9. The van der Waals surface area contributed by atoms with Gasteiger partial charge in [-0.3, -0.25) is 0 Å². The van der Waals surface area contributed by atoms with Crippen LogP contribution in [0.3, 0.4) is 0 Å². The SMILES string of the molecule is C/C(=C\c1ccc(O)c(F)c1)CC[C@H]1OC[C@H]2C1=C(CO[Si](c1ccccc1)(c1ccccc1)C(C)(C)C)CS2(=O)=O. The van der Waals surface area contributed by atoms with E-state index in [-0.39, 0.29) is 35.9 Å². The Balaban J connectivity index is 1.44. The highest BCUT2D eigenvalue weighted by Crippen LogP contribution is 2.41. The Morgan fingerprint density at radius 2 is 1.67 bits per heavy atom. The van der Waals surface area contributed by atoms with Gasteiger partial charge in [0.15, 0.2) is 21.4 Å². The lowest BCUT2D eigenvalue weighted by atomic mass is 9.97. The highest BCUT2D eigenvalue weighted by molar-refractivity contribution is 7.92. The van der Waals surface area contributed by atoms with E-state index in [2.05, 4.69) is 45.0 Å². The number of sulfone groups is 1. The Kier molecular flexibility index (Phi) is 8.63. The van der Waals surface area contributed by atoms with Crippen molar-refractivity contribution in [2.75, 3.05) is 19.0 Å². The van der Waals surface area contributed by atoms with Crippen LogP contribution in [0.2, 0.25) is 5.04 Å². The molecule has 0 unspecified atom stereocenters. The normalized spacial score (nSPS) is 20.6. The van der Waals surface area contributed by atoms with Crippen molar-refractivity contribution < 1.29 is 27.1 Å². The number of allylic oxidation sites excluding steroid dienone is 1. The molecular formula is C34H39FO5SSi. The highest BCUT2D eigenvalue weighted by atomic mass is 32.2. The van der Waals surface area contributed by atoms with Gasteiger partial charge in [0.2, 0.25) is 0 Å². The predicted molar refractivity (Wildman–Crippen MR) is 169 cm³/mol. The number of halogens is 1. The minimum atomic E-state index is -3.38. The van der Waals surface area contributed by atoms with E-state index < -0.39 is 29.2 Å². The lowest BCUT2D eigenvalue weighted by Gasteiger charge is -2.43. The molecule has 1 N–H and O–H groups in total. The van der Waals surface area contributed by atoms with Crippen LogP contribution in [-0.2, 0) is 19.0 Å². The number of hydrogen-bond donors (Lipinski definition) is 1. The number of phenolic OH excluding ortho intramolecular Hbond substituents is 1. The molecule has 0 aliphatic carbocycles. The molecule has 3 aromatic carbocycles. The summed E-state index contributed by atoms with van der Waals surface area (Å²) in [6.07, 6.45) is 2.84. The molecule has 42 heavy (non-hydrogen) atoms. The number of hydrogen-bond acceptors (Lipinski definition) is 5. The van der Waals surface area contributed by atoms with Gasteiger partial charge in [0.05, 0.1) is 25.1 Å². The van der Waals surface area contributed by atoms with Crippen molar-refractivity contribution in [3.05, 3.63) is 107 Å². The molecule has 0 aromatic heterocycles. The van der Waals surface area contributed by atoms with Crippen LogP contribution in [0.25, 0.3) is 6.08 Å². The average molecular weight is 607 g/mol. The molecule has 222 valence electrons. The van der Waals surface area contributed by atoms with Crippen LogP contribution >= 0.6 is 0 Å². The van der Waals surface area contributed by atoms with E-state index in [0.29, 0.717) is 18.4 Å². The summed E-state index contributed by atoms with van der Waals surface area (Å²) in [6, 6.07) is 25.0. The summed E-state index contributed by atoms with van der Waals surface area (Å²) in [5.41, 5.74) is 3.35. The van der Waals surface area contributed by atoms with Gasteiger partial charge in [-0.25, -0.2) is 12.8 Å². The lowest BCUT2D eigenvalue weighted by molar-refractivity contribution is 0.117. The van der Waals surface area contributed by atoms with E-state index in [1.165, 1.54) is 12.1 Å². The third kappa shape index (κ3) is 5.90. The molecule has 5 rings (SSSR count). The number of aromatic hydroxyl groups is 1. The summed E-state index contributed by atoms with van der Waals surface area (Å²) < 4.78 is 53.5. The van der Waals surface area contributed by atoms with Crippen LogP contribution < -0.4 is 10.4 Å². The number of ether oxygens (including phenoxy) is 1. The van der Waals surface area contributed by atoms with E-state index in [1.807, 2.05) is 49.4 Å². The quantitative estimate of drug-likeness (QED) is 0.247. The maximum atomic E-state index is 13.8. The molecule has 0 radical (unpaired) electrons. The molecule has 0 bridgehead atoms. The zero-order chi connectivity index (χ0) is 30.1. The largest absolute Gasteiger partial charge is 0.505 e. The second-order valence-electron chi connectivity index (χ2n) is 12.4. The second-order valence-corrected chi connectivity index (χ2v) is 18.9. The van der Waals surface area contributed by atoms with Crippen molar-refractivity contribution in [1.29, 1.82) is 0 Å². The number of benzene rings is 3. The molecule has 0 spiro atoms. The van der Waals surface area contributed by atoms with Crippen molar-refractivity contribution >= 4 is 34.6 Å². The van der Waals surface area contributed by atoms with E-state index >= 15 is 0 Å². The smallest absolute Gasteiger partial charge is 0.261 e. The third-order valence-electron chi connectivity index (χ3n) is 8.43. The number of phenols is 1. The summed E-state index contributed by atoms with van der Waals surface area (Å²) >= 11 is 0. The molecule has 2 atom stereocenters. The van der Waals surface area contributed by atoms with Gasteiger partial charge in [0.25, 0.3) is 8.32 Å².